The number of H-pyrrole nitrogens is 2. The lowest BCUT2D eigenvalue weighted by Crippen LogP contribution is -1.89. The molecule has 8 heteroatoms. The fourth-order valence-electron chi connectivity index (χ4n) is 3.83. The normalized spacial score (nSPS) is 11.3. The molecule has 0 atom stereocenters. The lowest BCUT2D eigenvalue weighted by molar-refractivity contribution is 0.413. The number of fused-ring (bicyclic) bond motifs is 2. The van der Waals surface area contributed by atoms with Crippen molar-refractivity contribution in [2.75, 3.05) is 7.11 Å². The molecular formula is C24H17N7O. The zero-order valence-corrected chi connectivity index (χ0v) is 17.1. The molecule has 1 aromatic carbocycles. The molecule has 0 aliphatic carbocycles. The smallest absolute Gasteiger partial charge is 0.159 e. The molecule has 0 saturated heterocycles. The van der Waals surface area contributed by atoms with Crippen LogP contribution in [0.3, 0.4) is 0 Å². The fraction of sp³-hybridized carbons (Fsp3) is 0.0417. The molecule has 0 spiro atoms. The number of methoxy groups -OCH3 is 1. The molecule has 5 aromatic heterocycles. The maximum absolute atomic E-state index is 5.30. The van der Waals surface area contributed by atoms with Gasteiger partial charge in [-0.25, -0.2) is 4.98 Å². The van der Waals surface area contributed by atoms with Crippen LogP contribution in [-0.2, 0) is 0 Å². The van der Waals surface area contributed by atoms with E-state index in [-0.39, 0.29) is 0 Å². The number of nitrogens with one attached hydrogen (secondary N) is 2. The van der Waals surface area contributed by atoms with Crippen molar-refractivity contribution < 1.29 is 4.74 Å². The molecule has 6 aromatic rings. The van der Waals surface area contributed by atoms with Crippen LogP contribution in [0.15, 0.2) is 73.4 Å². The Bertz CT molecular complexity index is 1570. The van der Waals surface area contributed by atoms with Crippen molar-refractivity contribution in [2.45, 2.75) is 0 Å². The number of aromatic amines is 2. The second-order valence-electron chi connectivity index (χ2n) is 7.32. The van der Waals surface area contributed by atoms with E-state index in [4.69, 9.17) is 9.72 Å². The first-order valence-corrected chi connectivity index (χ1v) is 10.0. The Labute approximate surface area is 182 Å². The molecule has 2 N–H and O–H groups in total. The van der Waals surface area contributed by atoms with E-state index in [0.717, 1.165) is 50.0 Å². The minimum Gasteiger partial charge on any atom is -0.495 e. The number of hydrogen-bond donors (Lipinski definition) is 2. The van der Waals surface area contributed by atoms with E-state index in [1.54, 1.807) is 38.1 Å². The molecule has 5 heterocycles. The topological polar surface area (TPSA) is 105 Å². The minimum atomic E-state index is 0.678. The first-order valence-electron chi connectivity index (χ1n) is 10.0. The molecule has 0 unspecified atom stereocenters. The number of pyridine rings is 3. The Morgan fingerprint density at radius 3 is 2.66 bits per heavy atom. The van der Waals surface area contributed by atoms with Gasteiger partial charge < -0.3 is 9.72 Å². The number of ether oxygens (including phenoxy) is 1. The summed E-state index contributed by atoms with van der Waals surface area (Å²) in [7, 11) is 1.62. The Morgan fingerprint density at radius 1 is 0.875 bits per heavy atom. The summed E-state index contributed by atoms with van der Waals surface area (Å²) in [5, 5.41) is 8.50. The zero-order chi connectivity index (χ0) is 21.5. The van der Waals surface area contributed by atoms with Gasteiger partial charge in [-0.2, -0.15) is 5.10 Å². The highest BCUT2D eigenvalue weighted by molar-refractivity contribution is 5.97. The van der Waals surface area contributed by atoms with Gasteiger partial charge in [-0.1, -0.05) is 12.1 Å². The van der Waals surface area contributed by atoms with E-state index >= 15 is 0 Å². The van der Waals surface area contributed by atoms with E-state index in [9.17, 15) is 0 Å². The summed E-state index contributed by atoms with van der Waals surface area (Å²) in [5.74, 6) is 1.37. The van der Waals surface area contributed by atoms with Crippen LogP contribution >= 0.6 is 0 Å². The molecule has 32 heavy (non-hydrogen) atoms. The molecular weight excluding hydrogens is 402 g/mol. The lowest BCUT2D eigenvalue weighted by Gasteiger charge is -2.03. The molecule has 8 nitrogen and oxygen atoms in total. The summed E-state index contributed by atoms with van der Waals surface area (Å²) < 4.78 is 5.30. The predicted octanol–water partition coefficient (Wildman–Crippen LogP) is 4.63. The van der Waals surface area contributed by atoms with Crippen LogP contribution < -0.4 is 4.74 Å². The number of aromatic nitrogens is 7. The number of rotatable bonds is 4. The van der Waals surface area contributed by atoms with Gasteiger partial charge in [-0.15, -0.1) is 0 Å². The standard InChI is InChI=1S/C24H17N7O/c1-32-16-9-15(11-26-12-16)20-10-18-21(13-27-20)30-31-23(18)24-28-19-4-2-3-17(22(19)29-24)14-5-7-25-8-6-14/h2-13H,1H3,(H,28,29)(H,30,31). The summed E-state index contributed by atoms with van der Waals surface area (Å²) >= 11 is 0. The van der Waals surface area contributed by atoms with Crippen LogP contribution in [0.25, 0.3) is 55.8 Å². The molecule has 6 rings (SSSR count). The maximum Gasteiger partial charge on any atom is 0.159 e. The highest BCUT2D eigenvalue weighted by atomic mass is 16.5. The third kappa shape index (κ3) is 2.97. The summed E-state index contributed by atoms with van der Waals surface area (Å²) in [4.78, 5) is 21.2. The fourth-order valence-corrected chi connectivity index (χ4v) is 3.83. The quantitative estimate of drug-likeness (QED) is 0.431. The number of imidazole rings is 1. The lowest BCUT2D eigenvalue weighted by atomic mass is 10.1. The van der Waals surface area contributed by atoms with Gasteiger partial charge in [0.15, 0.2) is 5.82 Å². The third-order valence-corrected chi connectivity index (χ3v) is 5.42. The molecule has 0 saturated carbocycles. The molecule has 0 fully saturated rings. The second kappa shape index (κ2) is 7.28. The van der Waals surface area contributed by atoms with E-state index in [1.165, 1.54) is 0 Å². The van der Waals surface area contributed by atoms with Crippen LogP contribution in [0.1, 0.15) is 0 Å². The summed E-state index contributed by atoms with van der Waals surface area (Å²) in [5.41, 5.74) is 7.13. The number of para-hydroxylation sites is 1. The van der Waals surface area contributed by atoms with Crippen LogP contribution in [0.4, 0.5) is 0 Å². The van der Waals surface area contributed by atoms with Crippen molar-refractivity contribution in [2.24, 2.45) is 0 Å². The van der Waals surface area contributed by atoms with Gasteiger partial charge in [0, 0.05) is 35.1 Å². The molecule has 0 radical (unpaired) electrons. The average molecular weight is 419 g/mol. The van der Waals surface area contributed by atoms with Crippen molar-refractivity contribution >= 4 is 21.9 Å². The van der Waals surface area contributed by atoms with Crippen molar-refractivity contribution in [3.05, 3.63) is 73.4 Å². The van der Waals surface area contributed by atoms with Gasteiger partial charge in [0.2, 0.25) is 0 Å². The summed E-state index contributed by atoms with van der Waals surface area (Å²) in [6, 6.07) is 13.9. The molecule has 0 bridgehead atoms. The van der Waals surface area contributed by atoms with E-state index < -0.39 is 0 Å². The van der Waals surface area contributed by atoms with Crippen LogP contribution in [0, 0.1) is 0 Å². The first-order chi connectivity index (χ1) is 15.8. The summed E-state index contributed by atoms with van der Waals surface area (Å²) in [6.45, 7) is 0. The maximum atomic E-state index is 5.30. The second-order valence-corrected chi connectivity index (χ2v) is 7.32. The molecule has 154 valence electrons. The van der Waals surface area contributed by atoms with Gasteiger partial charge in [-0.05, 0) is 35.9 Å². The number of nitrogens with zero attached hydrogens (tertiary/aromatic N) is 5. The van der Waals surface area contributed by atoms with Crippen LogP contribution in [-0.4, -0.2) is 42.2 Å². The van der Waals surface area contributed by atoms with E-state index in [1.807, 2.05) is 36.4 Å². The molecule has 0 aliphatic rings. The third-order valence-electron chi connectivity index (χ3n) is 5.42. The largest absolute Gasteiger partial charge is 0.495 e. The van der Waals surface area contributed by atoms with Crippen molar-refractivity contribution in [1.82, 2.24) is 35.1 Å². The Hall–Kier alpha value is -4.59. The summed E-state index contributed by atoms with van der Waals surface area (Å²) in [6.07, 6.45) is 8.76. The number of benzene rings is 1. The van der Waals surface area contributed by atoms with Crippen LogP contribution in [0.5, 0.6) is 5.75 Å². The van der Waals surface area contributed by atoms with Crippen molar-refractivity contribution in [1.29, 1.82) is 0 Å². The monoisotopic (exact) mass is 419 g/mol. The number of hydrogen-bond acceptors (Lipinski definition) is 6. The molecule has 0 aliphatic heterocycles. The highest BCUT2D eigenvalue weighted by Gasteiger charge is 2.16. The zero-order valence-electron chi connectivity index (χ0n) is 17.1. The predicted molar refractivity (Wildman–Crippen MR) is 122 cm³/mol. The van der Waals surface area contributed by atoms with Crippen molar-refractivity contribution in [3.8, 4) is 39.7 Å². The van der Waals surface area contributed by atoms with Crippen molar-refractivity contribution in [3.63, 3.8) is 0 Å². The van der Waals surface area contributed by atoms with Crippen LogP contribution in [0.2, 0.25) is 0 Å². The van der Waals surface area contributed by atoms with E-state index in [2.05, 4.69) is 36.2 Å². The molecule has 0 amide bonds. The Morgan fingerprint density at radius 2 is 1.78 bits per heavy atom. The Balaban J connectivity index is 1.50. The van der Waals surface area contributed by atoms with Gasteiger partial charge in [0.1, 0.15) is 11.4 Å². The minimum absolute atomic E-state index is 0.678. The first kappa shape index (κ1) is 18.2. The van der Waals surface area contributed by atoms with Gasteiger partial charge in [0.05, 0.1) is 41.7 Å². The SMILES string of the molecule is COc1cncc(-c2cc3c(-c4nc5c(-c6ccncc6)cccc5[nH]4)n[nH]c3cn2)c1. The van der Waals surface area contributed by atoms with Gasteiger partial charge >= 0.3 is 0 Å². The highest BCUT2D eigenvalue weighted by Crippen LogP contribution is 2.32. The average Bonchev–Trinajstić information content (AvgIpc) is 3.48. The van der Waals surface area contributed by atoms with Gasteiger partial charge in [-0.3, -0.25) is 20.1 Å². The van der Waals surface area contributed by atoms with E-state index in [0.29, 0.717) is 11.6 Å². The Kier molecular flexibility index (Phi) is 4.14. The van der Waals surface area contributed by atoms with Gasteiger partial charge in [0.25, 0.3) is 0 Å².